The molecule has 1 amide bonds. The number of hydrogen-bond donors (Lipinski definition) is 0. The van der Waals surface area contributed by atoms with E-state index in [0.717, 1.165) is 0 Å². The molecular weight excluding hydrogens is 322 g/mol. The third kappa shape index (κ3) is 4.16. The highest BCUT2D eigenvalue weighted by atomic mass is 79.9. The van der Waals surface area contributed by atoms with Gasteiger partial charge in [0.25, 0.3) is 0 Å². The van der Waals surface area contributed by atoms with Crippen molar-refractivity contribution in [1.82, 2.24) is 14.9 Å². The number of piperidine rings is 1. The molecule has 0 spiro atoms. The average molecular weight is 344 g/mol. The monoisotopic (exact) mass is 343 g/mol. The predicted molar refractivity (Wildman–Crippen MR) is 79.5 cm³/mol. The van der Waals surface area contributed by atoms with Crippen LogP contribution in [0.1, 0.15) is 48.0 Å². The second-order valence-electron chi connectivity index (χ2n) is 5.86. The molecule has 1 aromatic heterocycles. The molecule has 1 saturated heterocycles. The molecule has 110 valence electrons. The molecule has 0 aliphatic carbocycles. The lowest BCUT2D eigenvalue weighted by molar-refractivity contribution is 0.0204. The van der Waals surface area contributed by atoms with Gasteiger partial charge in [0.05, 0.1) is 14.6 Å². The zero-order valence-corrected chi connectivity index (χ0v) is 13.5. The highest BCUT2D eigenvalue weighted by Crippen LogP contribution is 2.27. The van der Waals surface area contributed by atoms with Gasteiger partial charge in [-0.2, -0.15) is 0 Å². The van der Waals surface area contributed by atoms with Crippen molar-refractivity contribution in [3.63, 3.8) is 0 Å². The van der Waals surface area contributed by atoms with Crippen molar-refractivity contribution in [2.24, 2.45) is 0 Å². The first-order valence-electron chi connectivity index (χ1n) is 7.66. The van der Waals surface area contributed by atoms with E-state index in [4.69, 9.17) is 7.48 Å². The normalized spacial score (nSPS) is 18.5. The molecule has 5 nitrogen and oxygen atoms in total. The van der Waals surface area contributed by atoms with Crippen molar-refractivity contribution >= 4 is 22.0 Å². The van der Waals surface area contributed by atoms with Crippen molar-refractivity contribution in [2.75, 3.05) is 13.1 Å². The Kier molecular flexibility index (Phi) is 3.82. The van der Waals surface area contributed by atoms with Gasteiger partial charge in [-0.25, -0.2) is 9.78 Å². The van der Waals surface area contributed by atoms with Gasteiger partial charge in [0.2, 0.25) is 0 Å². The van der Waals surface area contributed by atoms with E-state index in [2.05, 4.69) is 25.9 Å². The third-order valence-electron chi connectivity index (χ3n) is 3.07. The Morgan fingerprint density at radius 1 is 1.45 bits per heavy atom. The number of likely N-dealkylation sites (tertiary alicyclic amines) is 1. The van der Waals surface area contributed by atoms with E-state index in [9.17, 15) is 4.79 Å². The van der Waals surface area contributed by atoms with E-state index in [1.807, 2.05) is 20.8 Å². The summed E-state index contributed by atoms with van der Waals surface area (Å²) in [5, 5.41) is 0. The maximum Gasteiger partial charge on any atom is 0.410 e. The second kappa shape index (κ2) is 6.08. The molecule has 0 unspecified atom stereocenters. The quantitative estimate of drug-likeness (QED) is 0.784. The number of halogens is 1. The van der Waals surface area contributed by atoms with E-state index in [1.54, 1.807) is 4.90 Å². The molecule has 0 N–H and O–H groups in total. The fraction of sp³-hybridized carbons (Fsp3) is 0.643. The number of carbonyl (C=O) groups is 1. The molecule has 1 aliphatic rings. The Balaban J connectivity index is 2.01. The van der Waals surface area contributed by atoms with Gasteiger partial charge in [-0.05, 0) is 49.5 Å². The summed E-state index contributed by atoms with van der Waals surface area (Å²) in [4.78, 5) is 21.9. The molecule has 0 bridgehead atoms. The van der Waals surface area contributed by atoms with Crippen LogP contribution in [0.25, 0.3) is 0 Å². The van der Waals surface area contributed by atoms with E-state index in [-0.39, 0.29) is 24.4 Å². The molecule has 2 heterocycles. The Morgan fingerprint density at radius 2 is 2.10 bits per heavy atom. The fourth-order valence-electron chi connectivity index (χ4n) is 2.13. The number of amides is 1. The predicted octanol–water partition coefficient (Wildman–Crippen LogP) is 3.35. The van der Waals surface area contributed by atoms with Crippen molar-refractivity contribution in [3.8, 4) is 0 Å². The summed E-state index contributed by atoms with van der Waals surface area (Å²) in [6.07, 6.45) is 1.14. The summed E-state index contributed by atoms with van der Waals surface area (Å²) in [5.41, 5.74) is 0.0921. The highest BCUT2D eigenvalue weighted by Gasteiger charge is 2.28. The minimum Gasteiger partial charge on any atom is -0.444 e. The summed E-state index contributed by atoms with van der Waals surface area (Å²) >= 11 is 3.19. The minimum absolute atomic E-state index is 0.0278. The van der Waals surface area contributed by atoms with Crippen LogP contribution in [0.4, 0.5) is 4.79 Å². The van der Waals surface area contributed by atoms with Gasteiger partial charge < -0.3 is 9.64 Å². The lowest BCUT2D eigenvalue weighted by Gasteiger charge is -2.33. The van der Waals surface area contributed by atoms with Gasteiger partial charge in [0, 0.05) is 25.2 Å². The Labute approximate surface area is 130 Å². The Morgan fingerprint density at radius 3 is 2.70 bits per heavy atom. The number of hydrogen-bond acceptors (Lipinski definition) is 4. The van der Waals surface area contributed by atoms with Crippen LogP contribution in [-0.4, -0.2) is 39.7 Å². The van der Waals surface area contributed by atoms with E-state index in [1.165, 1.54) is 0 Å². The van der Waals surface area contributed by atoms with E-state index in [0.29, 0.717) is 36.2 Å². The Bertz CT molecular complexity index is 570. The molecule has 1 fully saturated rings. The molecule has 20 heavy (non-hydrogen) atoms. The largest absolute Gasteiger partial charge is 0.444 e. The number of nitrogens with zero attached hydrogens (tertiary/aromatic N) is 3. The molecule has 1 aliphatic heterocycles. The molecule has 0 atom stereocenters. The smallest absolute Gasteiger partial charge is 0.410 e. The van der Waals surface area contributed by atoms with Crippen molar-refractivity contribution in [1.29, 1.82) is 0 Å². The fourth-order valence-corrected chi connectivity index (χ4v) is 2.41. The van der Waals surface area contributed by atoms with Gasteiger partial charge in [-0.3, -0.25) is 4.98 Å². The molecule has 0 aromatic carbocycles. The summed E-state index contributed by atoms with van der Waals surface area (Å²) in [5.74, 6) is 0.0792. The van der Waals surface area contributed by atoms with Gasteiger partial charge in [-0.15, -0.1) is 0 Å². The first kappa shape index (κ1) is 12.6. The molecule has 0 saturated carbocycles. The summed E-state index contributed by atoms with van der Waals surface area (Å²) in [6.45, 7) is 6.68. The molecule has 0 radical (unpaired) electrons. The zero-order valence-electron chi connectivity index (χ0n) is 13.9. The zero-order chi connectivity index (χ0) is 16.5. The molecule has 1 aromatic rings. The minimum atomic E-state index is -0.497. The highest BCUT2D eigenvalue weighted by molar-refractivity contribution is 9.10. The average Bonchev–Trinajstić information content (AvgIpc) is 2.41. The summed E-state index contributed by atoms with van der Waals surface area (Å²) < 4.78 is 21.1. The van der Waals surface area contributed by atoms with Crippen LogP contribution < -0.4 is 0 Å². The van der Waals surface area contributed by atoms with Crippen LogP contribution in [0.2, 0.25) is 0 Å². The second-order valence-corrected chi connectivity index (χ2v) is 6.62. The van der Waals surface area contributed by atoms with E-state index >= 15 is 0 Å². The topological polar surface area (TPSA) is 55.3 Å². The van der Waals surface area contributed by atoms with Crippen molar-refractivity contribution in [3.05, 3.63) is 22.6 Å². The van der Waals surface area contributed by atoms with Gasteiger partial charge in [-0.1, -0.05) is 0 Å². The van der Waals surface area contributed by atoms with Crippen molar-refractivity contribution < 1.29 is 12.3 Å². The van der Waals surface area contributed by atoms with Crippen LogP contribution in [0.15, 0.2) is 16.9 Å². The van der Waals surface area contributed by atoms with Crippen molar-refractivity contribution in [2.45, 2.75) is 45.1 Å². The number of rotatable bonds is 1. The maximum absolute atomic E-state index is 12.0. The van der Waals surface area contributed by atoms with E-state index < -0.39 is 5.60 Å². The number of carbonyl (C=O) groups excluding carboxylic acids is 1. The van der Waals surface area contributed by atoms with Crippen LogP contribution >= 0.6 is 15.9 Å². The first-order valence-corrected chi connectivity index (χ1v) is 7.45. The number of aromatic nitrogens is 2. The SMILES string of the molecule is [2H]c1nc([2H])c(C2CCN(C(=O)OC(C)(C)C)CC2)nc1Br. The van der Waals surface area contributed by atoms with Gasteiger partial charge >= 0.3 is 6.09 Å². The summed E-state index contributed by atoms with van der Waals surface area (Å²) in [6, 6.07) is 0. The number of ether oxygens (including phenoxy) is 1. The van der Waals surface area contributed by atoms with Gasteiger partial charge in [0.1, 0.15) is 10.2 Å². The van der Waals surface area contributed by atoms with Crippen LogP contribution in [0.5, 0.6) is 0 Å². The van der Waals surface area contributed by atoms with Crippen LogP contribution in [0.3, 0.4) is 0 Å². The first-order chi connectivity index (χ1) is 10.2. The lowest BCUT2D eigenvalue weighted by Crippen LogP contribution is -2.41. The molecule has 6 heteroatoms. The van der Waals surface area contributed by atoms with Gasteiger partial charge in [0.15, 0.2) is 0 Å². The maximum atomic E-state index is 12.0. The molecule has 2 rings (SSSR count). The van der Waals surface area contributed by atoms with Crippen LogP contribution in [0, 0.1) is 0 Å². The lowest BCUT2D eigenvalue weighted by atomic mass is 9.94. The summed E-state index contributed by atoms with van der Waals surface area (Å²) in [7, 11) is 0. The Hall–Kier alpha value is -1.17. The molecular formula is C14H20BrN3O2. The van der Waals surface area contributed by atoms with Crippen LogP contribution in [-0.2, 0) is 4.74 Å². The third-order valence-corrected chi connectivity index (χ3v) is 3.43. The standard InChI is InChI=1S/C14H20BrN3O2/c1-14(2,3)20-13(19)18-6-4-10(5-7-18)11-8-16-9-12(15)17-11/h8-10H,4-7H2,1-3H3/i8D,9D.